The van der Waals surface area contributed by atoms with Crippen LogP contribution in [0.5, 0.6) is 0 Å². The van der Waals surface area contributed by atoms with E-state index in [0.717, 1.165) is 11.6 Å². The van der Waals surface area contributed by atoms with Gasteiger partial charge in [0.05, 0.1) is 12.4 Å². The predicted octanol–water partition coefficient (Wildman–Crippen LogP) is -0.00250. The van der Waals surface area contributed by atoms with E-state index in [1.807, 2.05) is 12.2 Å². The Balaban J connectivity index is 2.81. The summed E-state index contributed by atoms with van der Waals surface area (Å²) in [6.45, 7) is 0. The van der Waals surface area contributed by atoms with E-state index in [0.29, 0.717) is 0 Å². The standard InChI is InChI=1S/C9H8N2/c1-2-4-8-6-10-11-7-9(8)5-3-1/h1-2,4-7H,3H2. The van der Waals surface area contributed by atoms with E-state index in [2.05, 4.69) is 22.3 Å². The Hall–Kier alpha value is -1.44. The average molecular weight is 144 g/mol. The monoisotopic (exact) mass is 144 g/mol. The summed E-state index contributed by atoms with van der Waals surface area (Å²) < 4.78 is 0. The summed E-state index contributed by atoms with van der Waals surface area (Å²) in [5, 5.41) is 9.93. The second kappa shape index (κ2) is 2.66. The largest absolute Gasteiger partial charge is 0.159 e. The molecule has 0 atom stereocenters. The SMILES string of the molecule is C1=CCC=c2cnncc2=C1. The zero-order valence-corrected chi connectivity index (χ0v) is 6.07. The Morgan fingerprint density at radius 1 is 1.09 bits per heavy atom. The minimum Gasteiger partial charge on any atom is -0.159 e. The van der Waals surface area contributed by atoms with Crippen LogP contribution in [0.2, 0.25) is 0 Å². The van der Waals surface area contributed by atoms with Gasteiger partial charge in [-0.15, -0.1) is 0 Å². The summed E-state index contributed by atoms with van der Waals surface area (Å²) in [4.78, 5) is 0. The van der Waals surface area contributed by atoms with Gasteiger partial charge < -0.3 is 0 Å². The van der Waals surface area contributed by atoms with E-state index >= 15 is 0 Å². The fourth-order valence-electron chi connectivity index (χ4n) is 1.10. The highest BCUT2D eigenvalue weighted by Crippen LogP contribution is 1.86. The highest BCUT2D eigenvalue weighted by Gasteiger charge is 1.86. The highest BCUT2D eigenvalue weighted by molar-refractivity contribution is 5.42. The van der Waals surface area contributed by atoms with Crippen LogP contribution in [0.1, 0.15) is 6.42 Å². The lowest BCUT2D eigenvalue weighted by atomic mass is 10.3. The number of nitrogens with zero attached hydrogens (tertiary/aromatic N) is 2. The summed E-state index contributed by atoms with van der Waals surface area (Å²) in [7, 11) is 0. The molecule has 1 aromatic rings. The lowest BCUT2D eigenvalue weighted by molar-refractivity contribution is 1.01. The Kier molecular flexibility index (Phi) is 1.52. The highest BCUT2D eigenvalue weighted by atomic mass is 15.1. The summed E-state index contributed by atoms with van der Waals surface area (Å²) in [6.07, 6.45) is 12.9. The molecule has 1 aliphatic carbocycles. The molecule has 0 bridgehead atoms. The van der Waals surface area contributed by atoms with E-state index in [1.165, 1.54) is 5.22 Å². The van der Waals surface area contributed by atoms with Gasteiger partial charge in [-0.3, -0.25) is 0 Å². The van der Waals surface area contributed by atoms with Gasteiger partial charge in [-0.25, -0.2) is 0 Å². The van der Waals surface area contributed by atoms with Crippen molar-refractivity contribution >= 4 is 12.2 Å². The lowest BCUT2D eigenvalue weighted by Gasteiger charge is -1.83. The maximum Gasteiger partial charge on any atom is 0.0574 e. The zero-order chi connectivity index (χ0) is 7.52. The van der Waals surface area contributed by atoms with Gasteiger partial charge in [-0.05, 0) is 11.6 Å². The second-order valence-electron chi connectivity index (χ2n) is 2.43. The van der Waals surface area contributed by atoms with Crippen molar-refractivity contribution in [3.63, 3.8) is 0 Å². The number of aromatic nitrogens is 2. The number of hydrogen-bond donors (Lipinski definition) is 0. The van der Waals surface area contributed by atoms with Crippen molar-refractivity contribution in [2.24, 2.45) is 0 Å². The van der Waals surface area contributed by atoms with Crippen LogP contribution in [-0.4, -0.2) is 10.2 Å². The van der Waals surface area contributed by atoms with Crippen LogP contribution in [-0.2, 0) is 0 Å². The maximum absolute atomic E-state index is 3.81. The molecule has 1 heterocycles. The number of rotatable bonds is 0. The van der Waals surface area contributed by atoms with E-state index in [1.54, 1.807) is 12.4 Å². The summed E-state index contributed by atoms with van der Waals surface area (Å²) in [6, 6.07) is 0. The van der Waals surface area contributed by atoms with Gasteiger partial charge >= 0.3 is 0 Å². The maximum atomic E-state index is 3.81. The fourth-order valence-corrected chi connectivity index (χ4v) is 1.10. The first kappa shape index (κ1) is 6.28. The van der Waals surface area contributed by atoms with Crippen molar-refractivity contribution in [1.29, 1.82) is 0 Å². The van der Waals surface area contributed by atoms with Gasteiger partial charge in [-0.2, -0.15) is 10.2 Å². The van der Waals surface area contributed by atoms with E-state index < -0.39 is 0 Å². The topological polar surface area (TPSA) is 25.8 Å². The Morgan fingerprint density at radius 2 is 1.91 bits per heavy atom. The van der Waals surface area contributed by atoms with Crippen LogP contribution in [0.3, 0.4) is 0 Å². The van der Waals surface area contributed by atoms with Crippen molar-refractivity contribution in [1.82, 2.24) is 10.2 Å². The molecule has 0 unspecified atom stereocenters. The third-order valence-electron chi connectivity index (χ3n) is 1.68. The van der Waals surface area contributed by atoms with E-state index in [9.17, 15) is 0 Å². The van der Waals surface area contributed by atoms with Crippen molar-refractivity contribution < 1.29 is 0 Å². The molecule has 0 N–H and O–H groups in total. The van der Waals surface area contributed by atoms with Gasteiger partial charge in [0.1, 0.15) is 0 Å². The first-order valence-corrected chi connectivity index (χ1v) is 3.60. The smallest absolute Gasteiger partial charge is 0.0574 e. The minimum atomic E-state index is 0.981. The molecule has 0 aromatic carbocycles. The number of allylic oxidation sites excluding steroid dienone is 2. The normalized spacial score (nSPS) is 14.2. The molecule has 1 aliphatic rings. The second-order valence-corrected chi connectivity index (χ2v) is 2.43. The third-order valence-corrected chi connectivity index (χ3v) is 1.68. The molecule has 1 aromatic heterocycles. The van der Waals surface area contributed by atoms with Crippen LogP contribution in [0.25, 0.3) is 12.2 Å². The van der Waals surface area contributed by atoms with Crippen LogP contribution in [0, 0.1) is 0 Å². The molecule has 0 aliphatic heterocycles. The third kappa shape index (κ3) is 1.19. The quantitative estimate of drug-likeness (QED) is 0.512. The molecule has 2 heteroatoms. The molecule has 0 amide bonds. The first-order chi connectivity index (χ1) is 5.47. The molecular formula is C9H8N2. The molecule has 54 valence electrons. The number of hydrogen-bond acceptors (Lipinski definition) is 2. The first-order valence-electron chi connectivity index (χ1n) is 3.60. The Labute approximate surface area is 64.6 Å². The van der Waals surface area contributed by atoms with E-state index in [4.69, 9.17) is 0 Å². The predicted molar refractivity (Wildman–Crippen MR) is 44.0 cm³/mol. The summed E-state index contributed by atoms with van der Waals surface area (Å²) in [5.74, 6) is 0. The fraction of sp³-hybridized carbons (Fsp3) is 0.111. The molecule has 0 fully saturated rings. The van der Waals surface area contributed by atoms with Crippen molar-refractivity contribution in [2.45, 2.75) is 6.42 Å². The minimum absolute atomic E-state index is 0.981. The molecular weight excluding hydrogens is 136 g/mol. The van der Waals surface area contributed by atoms with Gasteiger partial charge in [0, 0.05) is 5.22 Å². The van der Waals surface area contributed by atoms with Gasteiger partial charge in [0.25, 0.3) is 0 Å². The molecule has 11 heavy (non-hydrogen) atoms. The van der Waals surface area contributed by atoms with Gasteiger partial charge in [-0.1, -0.05) is 24.3 Å². The zero-order valence-electron chi connectivity index (χ0n) is 6.07. The van der Waals surface area contributed by atoms with E-state index in [-0.39, 0.29) is 0 Å². The van der Waals surface area contributed by atoms with Crippen LogP contribution >= 0.6 is 0 Å². The van der Waals surface area contributed by atoms with Crippen LogP contribution in [0.4, 0.5) is 0 Å². The van der Waals surface area contributed by atoms with Crippen molar-refractivity contribution in [2.75, 3.05) is 0 Å². The molecule has 0 spiro atoms. The lowest BCUT2D eigenvalue weighted by Crippen LogP contribution is -2.24. The Morgan fingerprint density at radius 3 is 2.82 bits per heavy atom. The molecule has 0 radical (unpaired) electrons. The summed E-state index contributed by atoms with van der Waals surface area (Å²) in [5.41, 5.74) is 0. The Bertz CT molecular complexity index is 390. The van der Waals surface area contributed by atoms with Crippen molar-refractivity contribution in [3.8, 4) is 0 Å². The van der Waals surface area contributed by atoms with Crippen molar-refractivity contribution in [3.05, 3.63) is 35.0 Å². The summed E-state index contributed by atoms with van der Waals surface area (Å²) >= 11 is 0. The molecule has 2 rings (SSSR count). The van der Waals surface area contributed by atoms with Crippen LogP contribution in [0.15, 0.2) is 24.5 Å². The molecule has 2 nitrogen and oxygen atoms in total. The molecule has 0 saturated heterocycles. The van der Waals surface area contributed by atoms with Gasteiger partial charge in [0.15, 0.2) is 0 Å². The average Bonchev–Trinajstić information content (AvgIpc) is 2.28. The number of fused-ring (bicyclic) bond motifs is 1. The molecule has 0 saturated carbocycles. The van der Waals surface area contributed by atoms with Gasteiger partial charge in [0.2, 0.25) is 0 Å². The van der Waals surface area contributed by atoms with Crippen LogP contribution < -0.4 is 10.4 Å².